The Bertz CT molecular complexity index is 120. The smallest absolute Gasteiger partial charge is 0.0639 e. The van der Waals surface area contributed by atoms with Gasteiger partial charge in [-0.05, 0) is 32.1 Å². The average Bonchev–Trinajstić information content (AvgIpc) is 2.05. The lowest BCUT2D eigenvalue weighted by Crippen LogP contribution is -2.29. The second-order valence-corrected chi connectivity index (χ2v) is 4.85. The van der Waals surface area contributed by atoms with Crippen LogP contribution in [0.4, 0.5) is 0 Å². The first-order chi connectivity index (χ1) is 6.15. The van der Waals surface area contributed by atoms with E-state index in [1.807, 2.05) is 41.5 Å². The summed E-state index contributed by atoms with van der Waals surface area (Å²) in [5.41, 5.74) is -0.458. The van der Waals surface area contributed by atoms with Crippen molar-refractivity contribution in [3.8, 4) is 0 Å². The van der Waals surface area contributed by atoms with Gasteiger partial charge in [0.2, 0.25) is 0 Å². The van der Waals surface area contributed by atoms with Crippen LogP contribution in [0.3, 0.4) is 0 Å². The first-order valence-electron chi connectivity index (χ1n) is 5.55. The van der Waals surface area contributed by atoms with E-state index >= 15 is 0 Å². The lowest BCUT2D eigenvalue weighted by molar-refractivity contribution is 0.00997. The van der Waals surface area contributed by atoms with Crippen LogP contribution in [0.5, 0.6) is 0 Å². The summed E-state index contributed by atoms with van der Waals surface area (Å²) < 4.78 is 0. The normalized spacial score (nSPS) is 17.4. The summed E-state index contributed by atoms with van der Waals surface area (Å²) in [6, 6.07) is 0. The van der Waals surface area contributed by atoms with Crippen LogP contribution in [0.1, 0.15) is 54.9 Å². The Labute approximate surface area is 89.3 Å². The minimum absolute atomic E-state index is 0.148. The minimum Gasteiger partial charge on any atom is -0.393 e. The number of aliphatic hydroxyl groups is 2. The summed E-state index contributed by atoms with van der Waals surface area (Å²) in [6.45, 7) is 13.7. The van der Waals surface area contributed by atoms with Crippen LogP contribution in [0, 0.1) is 11.8 Å². The molecule has 2 nitrogen and oxygen atoms in total. The average molecular weight is 204 g/mol. The van der Waals surface area contributed by atoms with Gasteiger partial charge in [-0.1, -0.05) is 34.6 Å². The van der Waals surface area contributed by atoms with Gasteiger partial charge in [0.05, 0.1) is 11.7 Å². The van der Waals surface area contributed by atoms with Gasteiger partial charge in [-0.25, -0.2) is 0 Å². The zero-order chi connectivity index (χ0) is 11.9. The lowest BCUT2D eigenvalue weighted by atomic mass is 9.90. The molecule has 2 N–H and O–H groups in total. The van der Waals surface area contributed by atoms with E-state index in [0.29, 0.717) is 11.8 Å². The van der Waals surface area contributed by atoms with E-state index in [4.69, 9.17) is 5.11 Å². The Morgan fingerprint density at radius 2 is 1.36 bits per heavy atom. The highest BCUT2D eigenvalue weighted by atomic mass is 16.3. The van der Waals surface area contributed by atoms with Gasteiger partial charge in [0.25, 0.3) is 0 Å². The van der Waals surface area contributed by atoms with Crippen LogP contribution in [-0.2, 0) is 0 Å². The molecule has 2 unspecified atom stereocenters. The highest BCUT2D eigenvalue weighted by Crippen LogP contribution is 2.18. The Balaban J connectivity index is 0. The molecule has 0 heterocycles. The molecule has 0 aromatic rings. The molecular weight excluding hydrogens is 176 g/mol. The Morgan fingerprint density at radius 1 is 1.07 bits per heavy atom. The molecule has 0 spiro atoms. The lowest BCUT2D eigenvalue weighted by Gasteiger charge is -2.25. The number of rotatable bonds is 3. The van der Waals surface area contributed by atoms with E-state index in [1.165, 1.54) is 0 Å². The van der Waals surface area contributed by atoms with Crippen LogP contribution in [0.15, 0.2) is 0 Å². The van der Waals surface area contributed by atoms with E-state index in [0.717, 1.165) is 6.42 Å². The zero-order valence-electron chi connectivity index (χ0n) is 10.8. The van der Waals surface area contributed by atoms with Crippen molar-refractivity contribution in [2.24, 2.45) is 11.8 Å². The fourth-order valence-electron chi connectivity index (χ4n) is 0.408. The molecular formula is C12H28O2. The highest BCUT2D eigenvalue weighted by Gasteiger charge is 2.21. The van der Waals surface area contributed by atoms with Gasteiger partial charge >= 0.3 is 0 Å². The maximum absolute atomic E-state index is 9.40. The van der Waals surface area contributed by atoms with Crippen LogP contribution in [-0.4, -0.2) is 21.9 Å². The summed E-state index contributed by atoms with van der Waals surface area (Å²) in [6.07, 6.45) is 0.690. The molecule has 0 radical (unpaired) electrons. The predicted molar refractivity (Wildman–Crippen MR) is 62.3 cm³/mol. The molecule has 0 amide bonds. The second kappa shape index (κ2) is 7.24. The molecule has 0 bridgehead atoms. The summed E-state index contributed by atoms with van der Waals surface area (Å²) in [5.74, 6) is 0.775. The van der Waals surface area contributed by atoms with E-state index in [-0.39, 0.29) is 6.10 Å². The first kappa shape index (κ1) is 16.4. The van der Waals surface area contributed by atoms with Crippen molar-refractivity contribution in [1.29, 1.82) is 0 Å². The fourth-order valence-corrected chi connectivity index (χ4v) is 0.408. The minimum atomic E-state index is -0.458. The zero-order valence-corrected chi connectivity index (χ0v) is 10.8. The second-order valence-electron chi connectivity index (χ2n) is 4.85. The first-order valence-corrected chi connectivity index (χ1v) is 5.55. The topological polar surface area (TPSA) is 40.5 Å². The standard InChI is InChI=1S/C7H16O.C5H12O/c1-5-7(4,8)6(2)3;1-4(2)5(3)6/h6,8H,5H2,1-4H3;4-6H,1-3H3. The van der Waals surface area contributed by atoms with Crippen molar-refractivity contribution >= 4 is 0 Å². The molecule has 0 aliphatic heterocycles. The van der Waals surface area contributed by atoms with E-state index < -0.39 is 5.60 Å². The molecule has 0 aliphatic carbocycles. The molecule has 0 rings (SSSR count). The molecule has 88 valence electrons. The molecule has 0 aromatic carbocycles. The molecule has 0 saturated heterocycles. The van der Waals surface area contributed by atoms with E-state index in [1.54, 1.807) is 6.92 Å². The number of hydrogen-bond donors (Lipinski definition) is 2. The third-order valence-corrected chi connectivity index (χ3v) is 2.92. The van der Waals surface area contributed by atoms with Gasteiger partial charge in [0.15, 0.2) is 0 Å². The molecule has 0 saturated carbocycles. The number of hydrogen-bond acceptors (Lipinski definition) is 2. The van der Waals surface area contributed by atoms with Crippen molar-refractivity contribution in [2.45, 2.75) is 66.6 Å². The number of aliphatic hydroxyl groups excluding tert-OH is 1. The van der Waals surface area contributed by atoms with Gasteiger partial charge in [-0.2, -0.15) is 0 Å². The third kappa shape index (κ3) is 8.52. The highest BCUT2D eigenvalue weighted by molar-refractivity contribution is 4.73. The maximum atomic E-state index is 9.40. The van der Waals surface area contributed by atoms with Gasteiger partial charge in [0.1, 0.15) is 0 Å². The molecule has 2 heteroatoms. The van der Waals surface area contributed by atoms with Crippen LogP contribution in [0.2, 0.25) is 0 Å². The van der Waals surface area contributed by atoms with Crippen LogP contribution < -0.4 is 0 Å². The van der Waals surface area contributed by atoms with Gasteiger partial charge in [-0.15, -0.1) is 0 Å². The summed E-state index contributed by atoms with van der Waals surface area (Å²) in [4.78, 5) is 0. The van der Waals surface area contributed by atoms with E-state index in [2.05, 4.69) is 0 Å². The Kier molecular flexibility index (Phi) is 8.46. The van der Waals surface area contributed by atoms with Gasteiger partial charge < -0.3 is 10.2 Å². The van der Waals surface area contributed by atoms with Crippen molar-refractivity contribution < 1.29 is 10.2 Å². The third-order valence-electron chi connectivity index (χ3n) is 2.92. The van der Waals surface area contributed by atoms with Crippen LogP contribution in [0.25, 0.3) is 0 Å². The molecule has 0 fully saturated rings. The van der Waals surface area contributed by atoms with Gasteiger partial charge in [0, 0.05) is 0 Å². The van der Waals surface area contributed by atoms with Crippen molar-refractivity contribution in [3.05, 3.63) is 0 Å². The maximum Gasteiger partial charge on any atom is 0.0639 e. The van der Waals surface area contributed by atoms with Crippen molar-refractivity contribution in [1.82, 2.24) is 0 Å². The van der Waals surface area contributed by atoms with Crippen molar-refractivity contribution in [2.75, 3.05) is 0 Å². The molecule has 14 heavy (non-hydrogen) atoms. The van der Waals surface area contributed by atoms with Crippen molar-refractivity contribution in [3.63, 3.8) is 0 Å². The molecule has 2 atom stereocenters. The summed E-state index contributed by atoms with van der Waals surface area (Å²) in [5, 5.41) is 18.0. The van der Waals surface area contributed by atoms with Crippen LogP contribution >= 0.6 is 0 Å². The Hall–Kier alpha value is -0.0800. The largest absolute Gasteiger partial charge is 0.393 e. The van der Waals surface area contributed by atoms with Gasteiger partial charge in [-0.3, -0.25) is 0 Å². The molecule has 0 aliphatic rings. The summed E-state index contributed by atoms with van der Waals surface area (Å²) >= 11 is 0. The summed E-state index contributed by atoms with van der Waals surface area (Å²) in [7, 11) is 0. The SMILES string of the molecule is CC(C)C(C)O.CCC(C)(O)C(C)C. The Morgan fingerprint density at radius 3 is 1.36 bits per heavy atom. The quantitative estimate of drug-likeness (QED) is 0.742. The predicted octanol–water partition coefficient (Wildman–Crippen LogP) is 2.83. The monoisotopic (exact) mass is 204 g/mol. The van der Waals surface area contributed by atoms with E-state index in [9.17, 15) is 5.11 Å². The fraction of sp³-hybridized carbons (Fsp3) is 1.00. The molecule has 0 aromatic heterocycles.